The van der Waals surface area contributed by atoms with Crippen LogP contribution < -0.4 is 0 Å². The Morgan fingerprint density at radius 3 is 1.44 bits per heavy atom. The first-order valence-corrected chi connectivity index (χ1v) is 10.9. The van der Waals surface area contributed by atoms with Gasteiger partial charge in [0.1, 0.15) is 0 Å². The molecule has 0 saturated carbocycles. The third-order valence-corrected chi connectivity index (χ3v) is 5.45. The van der Waals surface area contributed by atoms with Crippen molar-refractivity contribution in [1.29, 1.82) is 0 Å². The summed E-state index contributed by atoms with van der Waals surface area (Å²) in [5, 5.41) is 0. The lowest BCUT2D eigenvalue weighted by molar-refractivity contribution is -0.185. The second kappa shape index (κ2) is 10.8. The van der Waals surface area contributed by atoms with E-state index in [2.05, 4.69) is 0 Å². The van der Waals surface area contributed by atoms with Crippen LogP contribution in [0.1, 0.15) is 38.0 Å². The van der Waals surface area contributed by atoms with Crippen molar-refractivity contribution in [3.63, 3.8) is 0 Å². The molecule has 1 aliphatic heterocycles. The smallest absolute Gasteiger partial charge is 0.338 e. The molecule has 3 aromatic carbocycles. The van der Waals surface area contributed by atoms with E-state index in [0.717, 1.165) is 0 Å². The zero-order chi connectivity index (χ0) is 23.9. The lowest BCUT2D eigenvalue weighted by atomic mass is 9.99. The number of esters is 3. The molecule has 1 saturated heterocycles. The predicted octanol–water partition coefficient (Wildman–Crippen LogP) is 4.08. The lowest BCUT2D eigenvalue weighted by Gasteiger charge is -2.39. The molecule has 174 valence electrons. The van der Waals surface area contributed by atoms with Gasteiger partial charge in [-0.25, -0.2) is 14.4 Å². The van der Waals surface area contributed by atoms with Gasteiger partial charge in [-0.15, -0.1) is 0 Å². The molecule has 0 N–H and O–H groups in total. The first-order chi connectivity index (χ1) is 16.5. The lowest BCUT2D eigenvalue weighted by Crippen LogP contribution is -2.56. The first-order valence-electron chi connectivity index (χ1n) is 10.9. The molecule has 1 fully saturated rings. The fraction of sp³-hybridized carbons (Fsp3) is 0.222. The largest absolute Gasteiger partial charge is 0.452 e. The van der Waals surface area contributed by atoms with E-state index in [1.54, 1.807) is 97.9 Å². The molecule has 4 rings (SSSR count). The molecule has 0 bridgehead atoms. The topological polar surface area (TPSA) is 88.1 Å². The Hall–Kier alpha value is -3.97. The zero-order valence-corrected chi connectivity index (χ0v) is 18.5. The van der Waals surface area contributed by atoms with Gasteiger partial charge in [0.2, 0.25) is 0 Å². The van der Waals surface area contributed by atoms with Crippen molar-refractivity contribution in [2.24, 2.45) is 0 Å². The number of rotatable bonds is 6. The molecule has 34 heavy (non-hydrogen) atoms. The van der Waals surface area contributed by atoms with Crippen LogP contribution in [-0.4, -0.2) is 48.9 Å². The van der Waals surface area contributed by atoms with Crippen molar-refractivity contribution in [2.45, 2.75) is 31.3 Å². The van der Waals surface area contributed by atoms with Gasteiger partial charge >= 0.3 is 17.9 Å². The van der Waals surface area contributed by atoms with Crippen LogP contribution in [0.5, 0.6) is 0 Å². The van der Waals surface area contributed by atoms with E-state index in [1.165, 1.54) is 0 Å². The molecule has 1 heterocycles. The van der Waals surface area contributed by atoms with Gasteiger partial charge in [-0.05, 0) is 43.3 Å². The summed E-state index contributed by atoms with van der Waals surface area (Å²) in [7, 11) is 0. The van der Waals surface area contributed by atoms with Gasteiger partial charge in [0.05, 0.1) is 29.4 Å². The summed E-state index contributed by atoms with van der Waals surface area (Å²) >= 11 is 0. The molecule has 1 aliphatic rings. The fourth-order valence-electron chi connectivity index (χ4n) is 3.63. The fourth-order valence-corrected chi connectivity index (χ4v) is 3.63. The summed E-state index contributed by atoms with van der Waals surface area (Å²) in [6.07, 6.45) is -3.66. The van der Waals surface area contributed by atoms with Crippen LogP contribution >= 0.6 is 0 Å². The molecular formula is C27H24O7. The molecule has 0 unspecified atom stereocenters. The third kappa shape index (κ3) is 5.50. The second-order valence-electron chi connectivity index (χ2n) is 7.82. The van der Waals surface area contributed by atoms with Crippen molar-refractivity contribution in [3.05, 3.63) is 108 Å². The van der Waals surface area contributed by atoms with Gasteiger partial charge in [0.25, 0.3) is 0 Å². The number of ether oxygens (including phenoxy) is 4. The SMILES string of the molecule is C[C@@H]1OC[C@H](OC(=O)c2ccccc2)[C@H](OC(=O)c2ccccc2)[C@H]1OC(=O)c1ccccc1. The Bertz CT molecular complexity index is 1120. The van der Waals surface area contributed by atoms with Crippen LogP contribution in [0, 0.1) is 0 Å². The number of carbonyl (C=O) groups excluding carboxylic acids is 3. The second-order valence-corrected chi connectivity index (χ2v) is 7.82. The van der Waals surface area contributed by atoms with Crippen LogP contribution in [0.2, 0.25) is 0 Å². The van der Waals surface area contributed by atoms with Gasteiger partial charge in [0.15, 0.2) is 18.3 Å². The normalized spacial score (nSPS) is 21.8. The van der Waals surface area contributed by atoms with Crippen molar-refractivity contribution in [3.8, 4) is 0 Å². The standard InChI is InChI=1S/C27H24O7/c1-18-23(33-26(29)20-13-7-3-8-14-20)24(34-27(30)21-15-9-4-10-16-21)22(17-31-18)32-25(28)19-11-5-2-6-12-19/h2-16,18,22-24H,17H2,1H3/t18-,22-,23-,24-/m0/s1. The minimum atomic E-state index is -1.07. The van der Waals surface area contributed by atoms with E-state index in [-0.39, 0.29) is 6.61 Å². The van der Waals surface area contributed by atoms with Crippen molar-refractivity contribution >= 4 is 17.9 Å². The maximum Gasteiger partial charge on any atom is 0.338 e. The molecule has 7 heteroatoms. The van der Waals surface area contributed by atoms with Crippen molar-refractivity contribution in [2.75, 3.05) is 6.61 Å². The van der Waals surface area contributed by atoms with Crippen LogP contribution in [0.4, 0.5) is 0 Å². The zero-order valence-electron chi connectivity index (χ0n) is 18.5. The maximum atomic E-state index is 12.9. The highest BCUT2D eigenvalue weighted by Gasteiger charge is 2.46. The van der Waals surface area contributed by atoms with E-state index >= 15 is 0 Å². The van der Waals surface area contributed by atoms with E-state index in [1.807, 2.05) is 0 Å². The summed E-state index contributed by atoms with van der Waals surface area (Å²) in [6.45, 7) is 1.69. The molecule has 7 nitrogen and oxygen atoms in total. The quantitative estimate of drug-likeness (QED) is 0.405. The minimum Gasteiger partial charge on any atom is -0.452 e. The van der Waals surface area contributed by atoms with Gasteiger partial charge in [-0.3, -0.25) is 0 Å². The van der Waals surface area contributed by atoms with Gasteiger partial charge in [0, 0.05) is 0 Å². The van der Waals surface area contributed by atoms with Crippen molar-refractivity contribution in [1.82, 2.24) is 0 Å². The molecule has 0 aliphatic carbocycles. The summed E-state index contributed by atoms with van der Waals surface area (Å²) < 4.78 is 22.9. The van der Waals surface area contributed by atoms with E-state index in [4.69, 9.17) is 18.9 Å². The highest BCUT2D eigenvalue weighted by Crippen LogP contribution is 2.26. The van der Waals surface area contributed by atoms with Gasteiger partial charge in [-0.1, -0.05) is 54.6 Å². The maximum absolute atomic E-state index is 12.9. The number of benzene rings is 3. The molecular weight excluding hydrogens is 436 g/mol. The van der Waals surface area contributed by atoms with Crippen LogP contribution in [-0.2, 0) is 18.9 Å². The number of hydrogen-bond acceptors (Lipinski definition) is 7. The molecule has 3 aromatic rings. The van der Waals surface area contributed by atoms with Crippen LogP contribution in [0.3, 0.4) is 0 Å². The molecule has 4 atom stereocenters. The third-order valence-electron chi connectivity index (χ3n) is 5.45. The summed E-state index contributed by atoms with van der Waals surface area (Å²) in [4.78, 5) is 38.4. The highest BCUT2D eigenvalue weighted by molar-refractivity contribution is 5.91. The highest BCUT2D eigenvalue weighted by atomic mass is 16.6. The molecule has 0 radical (unpaired) electrons. The van der Waals surface area contributed by atoms with Gasteiger partial charge < -0.3 is 18.9 Å². The molecule has 0 amide bonds. The Labute approximate surface area is 197 Å². The average molecular weight is 460 g/mol. The Morgan fingerprint density at radius 1 is 0.618 bits per heavy atom. The summed E-state index contributed by atoms with van der Waals surface area (Å²) in [5.74, 6) is -1.82. The van der Waals surface area contributed by atoms with Gasteiger partial charge in [-0.2, -0.15) is 0 Å². The monoisotopic (exact) mass is 460 g/mol. The number of hydrogen-bond donors (Lipinski definition) is 0. The van der Waals surface area contributed by atoms with E-state index in [0.29, 0.717) is 16.7 Å². The molecule has 0 aromatic heterocycles. The van der Waals surface area contributed by atoms with Crippen molar-refractivity contribution < 1.29 is 33.3 Å². The Morgan fingerprint density at radius 2 is 1.00 bits per heavy atom. The summed E-state index contributed by atoms with van der Waals surface area (Å²) in [5.41, 5.74) is 1.00. The predicted molar refractivity (Wildman–Crippen MR) is 122 cm³/mol. The van der Waals surface area contributed by atoms with E-state index in [9.17, 15) is 14.4 Å². The Kier molecular flexibility index (Phi) is 7.34. The number of carbonyl (C=O) groups is 3. The van der Waals surface area contributed by atoms with E-state index < -0.39 is 42.3 Å². The molecule has 0 spiro atoms. The van der Waals surface area contributed by atoms with Crippen LogP contribution in [0.25, 0.3) is 0 Å². The average Bonchev–Trinajstić information content (AvgIpc) is 2.89. The first kappa shape index (κ1) is 23.2. The minimum absolute atomic E-state index is 0.0220. The summed E-state index contributed by atoms with van der Waals surface area (Å²) in [6, 6.07) is 25.3. The van der Waals surface area contributed by atoms with Crippen LogP contribution in [0.15, 0.2) is 91.0 Å². The Balaban J connectivity index is 1.59.